The fourth-order valence-corrected chi connectivity index (χ4v) is 1.58. The molecule has 1 N–H and O–H groups in total. The lowest BCUT2D eigenvalue weighted by Crippen LogP contribution is -1.99. The van der Waals surface area contributed by atoms with Crippen LogP contribution in [0.2, 0.25) is 0 Å². The van der Waals surface area contributed by atoms with E-state index in [2.05, 4.69) is 15.3 Å². The summed E-state index contributed by atoms with van der Waals surface area (Å²) in [6, 6.07) is 6.95. The van der Waals surface area contributed by atoms with Gasteiger partial charge in [-0.1, -0.05) is 12.1 Å². The Morgan fingerprint density at radius 2 is 1.88 bits per heavy atom. The van der Waals surface area contributed by atoms with Crippen LogP contribution in [0.3, 0.4) is 0 Å². The van der Waals surface area contributed by atoms with Crippen molar-refractivity contribution in [1.82, 2.24) is 9.97 Å². The summed E-state index contributed by atoms with van der Waals surface area (Å²) in [6.45, 7) is 3.62. The Bertz CT molecular complexity index is 552. The lowest BCUT2D eigenvalue weighted by atomic mass is 10.1. The van der Waals surface area contributed by atoms with Gasteiger partial charge in [-0.25, -0.2) is 14.4 Å². The number of hydrogen-bond acceptors (Lipinski definition) is 3. The molecule has 3 nitrogen and oxygen atoms in total. The maximum atomic E-state index is 13.5. The summed E-state index contributed by atoms with van der Waals surface area (Å²) in [4.78, 5) is 8.51. The van der Waals surface area contributed by atoms with E-state index in [4.69, 9.17) is 0 Å². The number of hydrogen-bond donors (Lipinski definition) is 1. The van der Waals surface area contributed by atoms with E-state index in [1.165, 1.54) is 6.07 Å². The fourth-order valence-electron chi connectivity index (χ4n) is 1.58. The molecule has 0 spiro atoms. The first-order chi connectivity index (χ1) is 8.10. The number of halogens is 1. The zero-order valence-electron chi connectivity index (χ0n) is 10.1. The second-order valence-electron chi connectivity index (χ2n) is 3.93. The lowest BCUT2D eigenvalue weighted by molar-refractivity contribution is 0.619. The van der Waals surface area contributed by atoms with Gasteiger partial charge < -0.3 is 5.32 Å². The van der Waals surface area contributed by atoms with Crippen LogP contribution in [0.4, 0.5) is 10.3 Å². The minimum Gasteiger partial charge on any atom is -0.357 e. The van der Waals surface area contributed by atoms with Crippen LogP contribution in [0.15, 0.2) is 24.3 Å². The van der Waals surface area contributed by atoms with Crippen molar-refractivity contribution in [2.45, 2.75) is 13.8 Å². The van der Waals surface area contributed by atoms with E-state index in [9.17, 15) is 4.39 Å². The molecule has 0 amide bonds. The summed E-state index contributed by atoms with van der Waals surface area (Å²) in [5.74, 6) is 0.325. The molecule has 0 aliphatic heterocycles. The van der Waals surface area contributed by atoms with Gasteiger partial charge in [0.1, 0.15) is 5.82 Å². The molecule has 1 heterocycles. The minimum absolute atomic E-state index is 0.218. The van der Waals surface area contributed by atoms with Crippen LogP contribution in [0.25, 0.3) is 11.3 Å². The van der Waals surface area contributed by atoms with Gasteiger partial charge in [0.15, 0.2) is 0 Å². The van der Waals surface area contributed by atoms with Gasteiger partial charge >= 0.3 is 0 Å². The highest BCUT2D eigenvalue weighted by Gasteiger charge is 2.06. The Labute approximate surface area is 99.7 Å². The summed E-state index contributed by atoms with van der Waals surface area (Å²) < 4.78 is 13.5. The van der Waals surface area contributed by atoms with Gasteiger partial charge in [0.05, 0.1) is 5.69 Å². The van der Waals surface area contributed by atoms with Crippen molar-refractivity contribution in [3.63, 3.8) is 0 Å². The third-order valence-electron chi connectivity index (χ3n) is 2.55. The molecule has 0 bridgehead atoms. The Hall–Kier alpha value is -1.97. The van der Waals surface area contributed by atoms with E-state index in [1.54, 1.807) is 20.0 Å². The summed E-state index contributed by atoms with van der Waals surface area (Å²) in [5, 5.41) is 2.89. The third-order valence-corrected chi connectivity index (χ3v) is 2.55. The summed E-state index contributed by atoms with van der Waals surface area (Å²) in [5.41, 5.74) is 2.96. The summed E-state index contributed by atoms with van der Waals surface area (Å²) >= 11 is 0. The van der Waals surface area contributed by atoms with Crippen molar-refractivity contribution in [2.75, 3.05) is 12.4 Å². The van der Waals surface area contributed by atoms with Crippen molar-refractivity contribution in [2.24, 2.45) is 0 Å². The summed E-state index contributed by atoms with van der Waals surface area (Å²) in [6.07, 6.45) is 0. The van der Waals surface area contributed by atoms with Gasteiger partial charge in [0.2, 0.25) is 5.95 Å². The summed E-state index contributed by atoms with van der Waals surface area (Å²) in [7, 11) is 1.76. The first-order valence-electron chi connectivity index (χ1n) is 5.40. The molecule has 0 unspecified atom stereocenters. The number of aromatic nitrogens is 2. The van der Waals surface area contributed by atoms with E-state index in [-0.39, 0.29) is 5.82 Å². The third kappa shape index (κ3) is 2.41. The van der Waals surface area contributed by atoms with Crippen LogP contribution in [0.1, 0.15) is 11.3 Å². The molecule has 0 saturated heterocycles. The lowest BCUT2D eigenvalue weighted by Gasteiger charge is -2.06. The van der Waals surface area contributed by atoms with Crippen LogP contribution in [0.5, 0.6) is 0 Å². The Balaban J connectivity index is 2.52. The molecule has 0 radical (unpaired) electrons. The predicted octanol–water partition coefficient (Wildman–Crippen LogP) is 2.94. The predicted molar refractivity (Wildman–Crippen MR) is 66.4 cm³/mol. The highest BCUT2D eigenvalue weighted by Crippen LogP contribution is 2.21. The first-order valence-corrected chi connectivity index (χ1v) is 5.40. The van der Waals surface area contributed by atoms with Crippen LogP contribution < -0.4 is 5.32 Å². The van der Waals surface area contributed by atoms with Crippen LogP contribution in [-0.2, 0) is 0 Å². The first kappa shape index (κ1) is 11.5. The monoisotopic (exact) mass is 231 g/mol. The van der Waals surface area contributed by atoms with Crippen molar-refractivity contribution in [3.05, 3.63) is 41.3 Å². The van der Waals surface area contributed by atoms with E-state index in [0.717, 1.165) is 17.0 Å². The number of aryl methyl sites for hydroxylation is 2. The van der Waals surface area contributed by atoms with E-state index in [0.29, 0.717) is 11.5 Å². The van der Waals surface area contributed by atoms with Gasteiger partial charge in [-0.15, -0.1) is 0 Å². The molecule has 88 valence electrons. The van der Waals surface area contributed by atoms with Crippen molar-refractivity contribution in [1.29, 1.82) is 0 Å². The fraction of sp³-hybridized carbons (Fsp3) is 0.231. The average Bonchev–Trinajstić information content (AvgIpc) is 2.32. The SMILES string of the molecule is CNc1nc(C)cc(-c2ccc(C)c(F)c2)n1. The van der Waals surface area contributed by atoms with E-state index in [1.807, 2.05) is 19.1 Å². The van der Waals surface area contributed by atoms with E-state index >= 15 is 0 Å². The van der Waals surface area contributed by atoms with Crippen LogP contribution >= 0.6 is 0 Å². The van der Waals surface area contributed by atoms with Crippen LogP contribution in [-0.4, -0.2) is 17.0 Å². The number of rotatable bonds is 2. The zero-order valence-corrected chi connectivity index (χ0v) is 10.1. The maximum Gasteiger partial charge on any atom is 0.223 e. The molecule has 17 heavy (non-hydrogen) atoms. The molecule has 2 aromatic rings. The Morgan fingerprint density at radius 3 is 2.53 bits per heavy atom. The molecular formula is C13H14FN3. The smallest absolute Gasteiger partial charge is 0.223 e. The molecule has 0 aliphatic carbocycles. The van der Waals surface area contributed by atoms with Crippen molar-refractivity contribution in [3.8, 4) is 11.3 Å². The van der Waals surface area contributed by atoms with Crippen LogP contribution in [0, 0.1) is 19.7 Å². The van der Waals surface area contributed by atoms with Crippen molar-refractivity contribution >= 4 is 5.95 Å². The normalized spacial score (nSPS) is 10.4. The average molecular weight is 231 g/mol. The second kappa shape index (κ2) is 4.49. The Kier molecular flexibility index (Phi) is 3.04. The largest absolute Gasteiger partial charge is 0.357 e. The van der Waals surface area contributed by atoms with Crippen molar-refractivity contribution < 1.29 is 4.39 Å². The molecule has 2 rings (SSSR count). The maximum absolute atomic E-state index is 13.5. The highest BCUT2D eigenvalue weighted by molar-refractivity contribution is 5.61. The molecule has 0 aliphatic rings. The number of anilines is 1. The van der Waals surface area contributed by atoms with Gasteiger partial charge in [-0.05, 0) is 31.5 Å². The number of nitrogens with one attached hydrogen (secondary N) is 1. The van der Waals surface area contributed by atoms with Gasteiger partial charge in [0.25, 0.3) is 0 Å². The van der Waals surface area contributed by atoms with Gasteiger partial charge in [-0.3, -0.25) is 0 Å². The molecule has 4 heteroatoms. The second-order valence-corrected chi connectivity index (χ2v) is 3.93. The number of nitrogens with zero attached hydrogens (tertiary/aromatic N) is 2. The van der Waals surface area contributed by atoms with Gasteiger partial charge in [-0.2, -0.15) is 0 Å². The zero-order chi connectivity index (χ0) is 12.4. The number of benzene rings is 1. The standard InChI is InChI=1S/C13H14FN3/c1-8-4-5-10(7-11(8)14)12-6-9(2)16-13(15-3)17-12/h4-7H,1-3H3,(H,15,16,17). The topological polar surface area (TPSA) is 37.8 Å². The highest BCUT2D eigenvalue weighted by atomic mass is 19.1. The molecule has 0 fully saturated rings. The van der Waals surface area contributed by atoms with E-state index < -0.39 is 0 Å². The quantitative estimate of drug-likeness (QED) is 0.863. The molecule has 1 aromatic carbocycles. The molecular weight excluding hydrogens is 217 g/mol. The Morgan fingerprint density at radius 1 is 1.12 bits per heavy atom. The molecule has 0 saturated carbocycles. The van der Waals surface area contributed by atoms with Gasteiger partial charge in [0, 0.05) is 18.3 Å². The molecule has 0 atom stereocenters. The molecule has 1 aromatic heterocycles. The minimum atomic E-state index is -0.218.